The number of carboxylic acids is 1. The molecule has 6 heteroatoms. The summed E-state index contributed by atoms with van der Waals surface area (Å²) in [5.74, 6) is -4.69. The third-order valence-corrected chi connectivity index (χ3v) is 2.21. The van der Waals surface area contributed by atoms with Crippen LogP contribution in [0.4, 0.5) is 8.78 Å². The summed E-state index contributed by atoms with van der Waals surface area (Å²) < 4.78 is 25.6. The van der Waals surface area contributed by atoms with Crippen LogP contribution in [0.15, 0.2) is 12.1 Å². The van der Waals surface area contributed by atoms with Crippen molar-refractivity contribution in [2.75, 3.05) is 6.54 Å². The fourth-order valence-corrected chi connectivity index (χ4v) is 1.41. The molecule has 0 aliphatic carbocycles. The molecular weight excluding hydrogens is 220 g/mol. The van der Waals surface area contributed by atoms with E-state index < -0.39 is 29.3 Å². The van der Waals surface area contributed by atoms with Gasteiger partial charge in [-0.2, -0.15) is 0 Å². The summed E-state index contributed by atoms with van der Waals surface area (Å²) in [6.07, 6.45) is -0.352. The zero-order valence-corrected chi connectivity index (χ0v) is 8.28. The predicted octanol–water partition coefficient (Wildman–Crippen LogP) is 1.19. The van der Waals surface area contributed by atoms with Crippen molar-refractivity contribution in [1.82, 2.24) is 0 Å². The Kier molecular flexibility index (Phi) is 3.78. The molecule has 0 heterocycles. The summed E-state index contributed by atoms with van der Waals surface area (Å²) in [7, 11) is 0. The molecule has 0 saturated heterocycles. The van der Waals surface area contributed by atoms with Gasteiger partial charge in [-0.05, 0) is 12.6 Å². The third kappa shape index (κ3) is 2.66. The monoisotopic (exact) mass is 231 g/mol. The summed E-state index contributed by atoms with van der Waals surface area (Å²) in [4.78, 5) is 10.5. The maximum atomic E-state index is 12.9. The first-order valence-electron chi connectivity index (χ1n) is 4.55. The highest BCUT2D eigenvalue weighted by molar-refractivity contribution is 5.68. The number of phenols is 1. The van der Waals surface area contributed by atoms with Gasteiger partial charge in [-0.25, -0.2) is 8.78 Å². The van der Waals surface area contributed by atoms with Gasteiger partial charge in [0.25, 0.3) is 0 Å². The highest BCUT2D eigenvalue weighted by Crippen LogP contribution is 2.29. The summed E-state index contributed by atoms with van der Waals surface area (Å²) in [6.45, 7) is -0.0784. The van der Waals surface area contributed by atoms with Gasteiger partial charge in [-0.15, -0.1) is 0 Å². The molecule has 0 saturated carbocycles. The number of nitrogens with two attached hydrogens (primary N) is 1. The molecule has 0 radical (unpaired) electrons. The van der Waals surface area contributed by atoms with Crippen molar-refractivity contribution in [3.05, 3.63) is 29.3 Å². The number of aromatic hydroxyl groups is 1. The molecule has 0 bridgehead atoms. The maximum Gasteiger partial charge on any atom is 0.304 e. The number of phenolic OH excluding ortho intramolecular Hbond substituents is 1. The molecule has 88 valence electrons. The lowest BCUT2D eigenvalue weighted by Crippen LogP contribution is -2.16. The molecule has 1 aromatic rings. The van der Waals surface area contributed by atoms with Gasteiger partial charge in [-0.1, -0.05) is 0 Å². The molecule has 4 nitrogen and oxygen atoms in total. The number of carbonyl (C=O) groups is 1. The standard InChI is InChI=1S/C10H11F2NO3/c11-7-2-6(9(14)3-8(7)12)5(4-13)1-10(15)16/h2-3,5,14H,1,4,13H2,(H,15,16). The first kappa shape index (κ1) is 12.4. The first-order valence-corrected chi connectivity index (χ1v) is 4.55. The Labute approximate surface area is 90.3 Å². The topological polar surface area (TPSA) is 83.6 Å². The number of rotatable bonds is 4. The number of benzene rings is 1. The fraction of sp³-hybridized carbons (Fsp3) is 0.300. The second kappa shape index (κ2) is 4.89. The van der Waals surface area contributed by atoms with Gasteiger partial charge in [0, 0.05) is 17.5 Å². The minimum atomic E-state index is -1.19. The van der Waals surface area contributed by atoms with Crippen LogP contribution in [0.1, 0.15) is 17.9 Å². The molecule has 1 atom stereocenters. The van der Waals surface area contributed by atoms with Crippen LogP contribution < -0.4 is 5.73 Å². The smallest absolute Gasteiger partial charge is 0.304 e. The van der Waals surface area contributed by atoms with Crippen LogP contribution in [0.25, 0.3) is 0 Å². The fourth-order valence-electron chi connectivity index (χ4n) is 1.41. The Bertz CT molecular complexity index is 409. The van der Waals surface area contributed by atoms with Crippen LogP contribution in [0, 0.1) is 11.6 Å². The molecule has 1 aromatic carbocycles. The van der Waals surface area contributed by atoms with Gasteiger partial charge in [0.1, 0.15) is 5.75 Å². The molecule has 16 heavy (non-hydrogen) atoms. The van der Waals surface area contributed by atoms with Crippen LogP contribution >= 0.6 is 0 Å². The van der Waals surface area contributed by atoms with Crippen molar-refractivity contribution in [2.24, 2.45) is 5.73 Å². The van der Waals surface area contributed by atoms with Gasteiger partial charge in [0.15, 0.2) is 11.6 Å². The van der Waals surface area contributed by atoms with Crippen molar-refractivity contribution in [2.45, 2.75) is 12.3 Å². The van der Waals surface area contributed by atoms with E-state index in [4.69, 9.17) is 10.8 Å². The minimum absolute atomic E-state index is 0.00352. The normalized spacial score (nSPS) is 12.4. The lowest BCUT2D eigenvalue weighted by atomic mass is 9.95. The van der Waals surface area contributed by atoms with Gasteiger partial charge in [-0.3, -0.25) is 4.79 Å². The van der Waals surface area contributed by atoms with Crippen molar-refractivity contribution < 1.29 is 23.8 Å². The van der Waals surface area contributed by atoms with Gasteiger partial charge >= 0.3 is 5.97 Å². The summed E-state index contributed by atoms with van der Waals surface area (Å²) in [5, 5.41) is 18.0. The number of hydrogen-bond donors (Lipinski definition) is 3. The third-order valence-electron chi connectivity index (χ3n) is 2.21. The van der Waals surface area contributed by atoms with Gasteiger partial charge in [0.05, 0.1) is 6.42 Å². The second-order valence-electron chi connectivity index (χ2n) is 3.36. The molecule has 0 amide bonds. The van der Waals surface area contributed by atoms with Crippen molar-refractivity contribution in [3.8, 4) is 5.75 Å². The number of hydrogen-bond acceptors (Lipinski definition) is 3. The Morgan fingerprint density at radius 3 is 2.44 bits per heavy atom. The summed E-state index contributed by atoms with van der Waals surface area (Å²) in [5.41, 5.74) is 5.32. The van der Waals surface area contributed by atoms with Crippen LogP contribution in [-0.2, 0) is 4.79 Å². The second-order valence-corrected chi connectivity index (χ2v) is 3.36. The van der Waals surface area contributed by atoms with E-state index in [1.807, 2.05) is 0 Å². The van der Waals surface area contributed by atoms with E-state index in [0.717, 1.165) is 6.07 Å². The van der Waals surface area contributed by atoms with Crippen molar-refractivity contribution >= 4 is 5.97 Å². The van der Waals surface area contributed by atoms with E-state index >= 15 is 0 Å². The Morgan fingerprint density at radius 1 is 1.38 bits per heavy atom. The quantitative estimate of drug-likeness (QED) is 0.726. The van der Waals surface area contributed by atoms with Crippen LogP contribution in [0.2, 0.25) is 0 Å². The lowest BCUT2D eigenvalue weighted by Gasteiger charge is -2.14. The average Bonchev–Trinajstić information content (AvgIpc) is 2.20. The van der Waals surface area contributed by atoms with Crippen molar-refractivity contribution in [3.63, 3.8) is 0 Å². The number of halogens is 2. The van der Waals surface area contributed by atoms with Crippen LogP contribution in [0.3, 0.4) is 0 Å². The summed E-state index contributed by atoms with van der Waals surface area (Å²) in [6, 6.07) is 1.38. The minimum Gasteiger partial charge on any atom is -0.508 e. The average molecular weight is 231 g/mol. The molecule has 0 spiro atoms. The van der Waals surface area contributed by atoms with E-state index in [0.29, 0.717) is 6.07 Å². The van der Waals surface area contributed by atoms with E-state index in [-0.39, 0.29) is 18.5 Å². The van der Waals surface area contributed by atoms with Gasteiger partial charge in [0.2, 0.25) is 0 Å². The highest BCUT2D eigenvalue weighted by Gasteiger charge is 2.19. The Balaban J connectivity index is 3.09. The van der Waals surface area contributed by atoms with Crippen molar-refractivity contribution in [1.29, 1.82) is 0 Å². The maximum absolute atomic E-state index is 12.9. The Hall–Kier alpha value is -1.69. The zero-order valence-electron chi connectivity index (χ0n) is 8.28. The molecule has 1 rings (SSSR count). The van der Waals surface area contributed by atoms with Crippen LogP contribution in [-0.4, -0.2) is 22.7 Å². The van der Waals surface area contributed by atoms with E-state index in [1.54, 1.807) is 0 Å². The largest absolute Gasteiger partial charge is 0.508 e. The zero-order chi connectivity index (χ0) is 12.3. The lowest BCUT2D eigenvalue weighted by molar-refractivity contribution is -0.137. The van der Waals surface area contributed by atoms with Gasteiger partial charge < -0.3 is 15.9 Å². The van der Waals surface area contributed by atoms with Crippen LogP contribution in [0.5, 0.6) is 5.75 Å². The molecular formula is C10H11F2NO3. The highest BCUT2D eigenvalue weighted by atomic mass is 19.2. The molecule has 0 aliphatic rings. The molecule has 1 unspecified atom stereocenters. The van der Waals surface area contributed by atoms with E-state index in [1.165, 1.54) is 0 Å². The number of aliphatic carboxylic acids is 1. The molecule has 0 fully saturated rings. The molecule has 0 aromatic heterocycles. The predicted molar refractivity (Wildman–Crippen MR) is 52.1 cm³/mol. The number of carboxylic acid groups (broad SMARTS) is 1. The SMILES string of the molecule is NCC(CC(=O)O)c1cc(F)c(F)cc1O. The molecule has 0 aliphatic heterocycles. The first-order chi connectivity index (χ1) is 7.45. The Morgan fingerprint density at radius 2 is 1.94 bits per heavy atom. The molecule has 4 N–H and O–H groups in total. The summed E-state index contributed by atoms with van der Waals surface area (Å²) >= 11 is 0. The van der Waals surface area contributed by atoms with E-state index in [2.05, 4.69) is 0 Å². The van der Waals surface area contributed by atoms with E-state index in [9.17, 15) is 18.7 Å².